The van der Waals surface area contributed by atoms with Crippen molar-refractivity contribution < 1.29 is 9.59 Å². The number of nitrogens with zero attached hydrogens (tertiary/aromatic N) is 3. The van der Waals surface area contributed by atoms with Crippen molar-refractivity contribution in [3.8, 4) is 0 Å². The molecule has 1 saturated heterocycles. The molecule has 84 valence electrons. The van der Waals surface area contributed by atoms with E-state index in [-0.39, 0.29) is 12.3 Å². The van der Waals surface area contributed by atoms with E-state index in [0.29, 0.717) is 18.2 Å². The SMILES string of the molecule is O=C1CCN(c2cc(CCl)cnn2)C(=O)N1. The number of carbonyl (C=O) groups is 2. The van der Waals surface area contributed by atoms with Crippen molar-refractivity contribution in [2.45, 2.75) is 12.3 Å². The lowest BCUT2D eigenvalue weighted by molar-refractivity contribution is -0.120. The molecule has 1 aromatic heterocycles. The van der Waals surface area contributed by atoms with Crippen LogP contribution in [0.25, 0.3) is 0 Å². The van der Waals surface area contributed by atoms with Gasteiger partial charge in [0.15, 0.2) is 5.82 Å². The molecule has 3 amide bonds. The van der Waals surface area contributed by atoms with Crippen LogP contribution in [-0.4, -0.2) is 28.7 Å². The first-order chi connectivity index (χ1) is 7.70. The molecule has 1 aliphatic heterocycles. The number of alkyl halides is 1. The lowest BCUT2D eigenvalue weighted by atomic mass is 10.3. The van der Waals surface area contributed by atoms with Gasteiger partial charge in [0.25, 0.3) is 0 Å². The number of rotatable bonds is 2. The number of halogens is 1. The number of imide groups is 1. The van der Waals surface area contributed by atoms with Crippen molar-refractivity contribution in [2.75, 3.05) is 11.4 Å². The molecule has 1 fully saturated rings. The number of urea groups is 1. The first-order valence-electron chi connectivity index (χ1n) is 4.69. The zero-order valence-electron chi connectivity index (χ0n) is 8.31. The third kappa shape index (κ3) is 2.11. The topological polar surface area (TPSA) is 75.2 Å². The lowest BCUT2D eigenvalue weighted by Crippen LogP contribution is -2.50. The van der Waals surface area contributed by atoms with Crippen molar-refractivity contribution in [1.82, 2.24) is 15.5 Å². The van der Waals surface area contributed by atoms with E-state index >= 15 is 0 Å². The van der Waals surface area contributed by atoms with Crippen molar-refractivity contribution in [2.24, 2.45) is 0 Å². The molecule has 0 aliphatic carbocycles. The quantitative estimate of drug-likeness (QED) is 0.771. The molecule has 1 N–H and O–H groups in total. The number of nitrogens with one attached hydrogen (secondary N) is 1. The zero-order valence-corrected chi connectivity index (χ0v) is 9.07. The van der Waals surface area contributed by atoms with E-state index in [9.17, 15) is 9.59 Å². The van der Waals surface area contributed by atoms with Gasteiger partial charge in [0, 0.05) is 18.8 Å². The summed E-state index contributed by atoms with van der Waals surface area (Å²) in [5, 5.41) is 9.79. The normalized spacial score (nSPS) is 16.2. The van der Waals surface area contributed by atoms with Gasteiger partial charge in [0.05, 0.1) is 6.20 Å². The zero-order chi connectivity index (χ0) is 11.5. The van der Waals surface area contributed by atoms with Crippen LogP contribution in [0.5, 0.6) is 0 Å². The number of amides is 3. The molecule has 0 radical (unpaired) electrons. The third-order valence-electron chi connectivity index (χ3n) is 2.18. The molecule has 0 spiro atoms. The lowest BCUT2D eigenvalue weighted by Gasteiger charge is -2.25. The first-order valence-corrected chi connectivity index (χ1v) is 5.23. The van der Waals surface area contributed by atoms with Crippen LogP contribution in [0.15, 0.2) is 12.3 Å². The maximum atomic E-state index is 11.5. The number of hydrogen-bond acceptors (Lipinski definition) is 4. The summed E-state index contributed by atoms with van der Waals surface area (Å²) >= 11 is 5.66. The summed E-state index contributed by atoms with van der Waals surface area (Å²) in [6.07, 6.45) is 1.79. The number of anilines is 1. The molecule has 7 heteroatoms. The summed E-state index contributed by atoms with van der Waals surface area (Å²) in [6, 6.07) is 1.20. The van der Waals surface area contributed by atoms with Crippen molar-refractivity contribution in [3.63, 3.8) is 0 Å². The van der Waals surface area contributed by atoms with Crippen molar-refractivity contribution in [1.29, 1.82) is 0 Å². The highest BCUT2D eigenvalue weighted by atomic mass is 35.5. The molecule has 6 nitrogen and oxygen atoms in total. The van der Waals surface area contributed by atoms with Crippen LogP contribution in [0.3, 0.4) is 0 Å². The Bertz CT molecular complexity index is 437. The largest absolute Gasteiger partial charge is 0.329 e. The maximum absolute atomic E-state index is 11.5. The minimum atomic E-state index is -0.475. The van der Waals surface area contributed by atoms with Crippen molar-refractivity contribution in [3.05, 3.63) is 17.8 Å². The van der Waals surface area contributed by atoms with Gasteiger partial charge in [0.1, 0.15) is 0 Å². The fourth-order valence-corrected chi connectivity index (χ4v) is 1.53. The molecule has 2 heterocycles. The Morgan fingerprint density at radius 1 is 1.50 bits per heavy atom. The number of aromatic nitrogens is 2. The summed E-state index contributed by atoms with van der Waals surface area (Å²) in [4.78, 5) is 23.8. The molecular weight excluding hydrogens is 232 g/mol. The Kier molecular flexibility index (Phi) is 3.00. The Morgan fingerprint density at radius 3 is 3.00 bits per heavy atom. The molecule has 16 heavy (non-hydrogen) atoms. The second kappa shape index (κ2) is 4.44. The van der Waals surface area contributed by atoms with E-state index < -0.39 is 6.03 Å². The molecule has 1 aromatic rings. The monoisotopic (exact) mass is 240 g/mol. The Morgan fingerprint density at radius 2 is 2.31 bits per heavy atom. The highest BCUT2D eigenvalue weighted by Gasteiger charge is 2.25. The predicted molar refractivity (Wildman–Crippen MR) is 57.1 cm³/mol. The average molecular weight is 241 g/mol. The van der Waals surface area contributed by atoms with E-state index in [4.69, 9.17) is 11.6 Å². The number of hydrogen-bond donors (Lipinski definition) is 1. The first kappa shape index (κ1) is 10.8. The van der Waals surface area contributed by atoms with Crippen LogP contribution in [0.1, 0.15) is 12.0 Å². The maximum Gasteiger partial charge on any atom is 0.329 e. The van der Waals surface area contributed by atoms with Gasteiger partial charge >= 0.3 is 6.03 Å². The molecule has 0 saturated carbocycles. The van der Waals surface area contributed by atoms with Crippen LogP contribution in [-0.2, 0) is 10.7 Å². The van der Waals surface area contributed by atoms with E-state index in [0.717, 1.165) is 5.56 Å². The van der Waals surface area contributed by atoms with E-state index in [2.05, 4.69) is 15.5 Å². The molecule has 1 aliphatic rings. The molecule has 2 rings (SSSR count). The Labute approximate surface area is 96.6 Å². The van der Waals surface area contributed by atoms with Gasteiger partial charge in [-0.1, -0.05) is 0 Å². The molecular formula is C9H9ClN4O2. The van der Waals surface area contributed by atoms with Gasteiger partial charge in [-0.2, -0.15) is 5.10 Å². The van der Waals surface area contributed by atoms with E-state index in [1.54, 1.807) is 6.07 Å². The molecule has 0 atom stereocenters. The third-order valence-corrected chi connectivity index (χ3v) is 2.49. The van der Waals surface area contributed by atoms with E-state index in [1.807, 2.05) is 0 Å². The fraction of sp³-hybridized carbons (Fsp3) is 0.333. The highest BCUT2D eigenvalue weighted by Crippen LogP contribution is 2.15. The standard InChI is InChI=1S/C9H9ClN4O2/c10-4-6-3-7(13-11-5-6)14-2-1-8(15)12-9(14)16/h3,5H,1-2,4H2,(H,12,15,16). The van der Waals surface area contributed by atoms with Gasteiger partial charge in [0.2, 0.25) is 5.91 Å². The van der Waals surface area contributed by atoms with Crippen LogP contribution >= 0.6 is 11.6 Å². The van der Waals surface area contributed by atoms with E-state index in [1.165, 1.54) is 11.1 Å². The number of carbonyl (C=O) groups excluding carboxylic acids is 2. The fourth-order valence-electron chi connectivity index (χ4n) is 1.38. The second-order valence-electron chi connectivity index (χ2n) is 3.31. The van der Waals surface area contributed by atoms with Crippen LogP contribution in [0.4, 0.5) is 10.6 Å². The Hall–Kier alpha value is -1.69. The minimum absolute atomic E-state index is 0.262. The summed E-state index contributed by atoms with van der Waals surface area (Å²) in [7, 11) is 0. The Balaban J connectivity index is 2.23. The van der Waals surface area contributed by atoms with Gasteiger partial charge < -0.3 is 0 Å². The predicted octanol–water partition coefficient (Wildman–Crippen LogP) is 0.662. The van der Waals surface area contributed by atoms with Gasteiger partial charge in [-0.3, -0.25) is 15.0 Å². The van der Waals surface area contributed by atoms with Gasteiger partial charge in [-0.25, -0.2) is 4.79 Å². The summed E-state index contributed by atoms with van der Waals surface area (Å²) in [6.45, 7) is 0.311. The molecule has 0 aromatic carbocycles. The van der Waals surface area contributed by atoms with Crippen LogP contribution < -0.4 is 10.2 Å². The summed E-state index contributed by atoms with van der Waals surface area (Å²) in [5.74, 6) is 0.433. The molecule has 0 unspecified atom stereocenters. The smallest absolute Gasteiger partial charge is 0.278 e. The van der Waals surface area contributed by atoms with Gasteiger partial charge in [-0.15, -0.1) is 16.7 Å². The summed E-state index contributed by atoms with van der Waals surface area (Å²) < 4.78 is 0. The van der Waals surface area contributed by atoms with Gasteiger partial charge in [-0.05, 0) is 11.6 Å². The highest BCUT2D eigenvalue weighted by molar-refractivity contribution is 6.17. The summed E-state index contributed by atoms with van der Waals surface area (Å²) in [5.41, 5.74) is 0.774. The van der Waals surface area contributed by atoms with Crippen LogP contribution in [0, 0.1) is 0 Å². The minimum Gasteiger partial charge on any atom is -0.278 e. The second-order valence-corrected chi connectivity index (χ2v) is 3.58. The molecule has 0 bridgehead atoms. The van der Waals surface area contributed by atoms with Crippen molar-refractivity contribution >= 4 is 29.4 Å². The van der Waals surface area contributed by atoms with Crippen LogP contribution in [0.2, 0.25) is 0 Å². The average Bonchev–Trinajstić information content (AvgIpc) is 2.29.